The van der Waals surface area contributed by atoms with Crippen LogP contribution >= 0.6 is 0 Å². The van der Waals surface area contributed by atoms with Crippen molar-refractivity contribution in [2.75, 3.05) is 33.9 Å². The first kappa shape index (κ1) is 22.7. The molecule has 0 spiro atoms. The van der Waals surface area contributed by atoms with Crippen molar-refractivity contribution in [1.29, 1.82) is 0 Å². The van der Waals surface area contributed by atoms with Crippen molar-refractivity contribution in [2.24, 2.45) is 0 Å². The Labute approximate surface area is 174 Å². The fourth-order valence-corrected chi connectivity index (χ4v) is 2.63. The van der Waals surface area contributed by atoms with Gasteiger partial charge >= 0.3 is 0 Å². The van der Waals surface area contributed by atoms with Crippen molar-refractivity contribution in [3.05, 3.63) is 52.6 Å². The molecule has 9 heteroatoms. The molecule has 2 amide bonds. The zero-order valence-corrected chi connectivity index (χ0v) is 17.2. The molecule has 0 fully saturated rings. The van der Waals surface area contributed by atoms with Crippen LogP contribution in [0.25, 0.3) is 11.1 Å². The number of nitrogens with zero attached hydrogens (tertiary/aromatic N) is 2. The van der Waals surface area contributed by atoms with Gasteiger partial charge in [-0.3, -0.25) is 19.7 Å². The van der Waals surface area contributed by atoms with E-state index in [1.165, 1.54) is 30.1 Å². The molecule has 9 nitrogen and oxygen atoms in total. The predicted octanol–water partition coefficient (Wildman–Crippen LogP) is 2.63. The summed E-state index contributed by atoms with van der Waals surface area (Å²) < 4.78 is 10.8. The van der Waals surface area contributed by atoms with Crippen LogP contribution < -0.4 is 14.8 Å². The number of ether oxygens (including phenoxy) is 2. The van der Waals surface area contributed by atoms with E-state index in [1.54, 1.807) is 31.4 Å². The minimum atomic E-state index is -0.495. The van der Waals surface area contributed by atoms with Gasteiger partial charge in [-0.2, -0.15) is 0 Å². The summed E-state index contributed by atoms with van der Waals surface area (Å²) in [5.74, 6) is 0.329. The number of nitro benzene ring substituents is 1. The van der Waals surface area contributed by atoms with Crippen LogP contribution in [0.5, 0.6) is 11.5 Å². The number of rotatable bonds is 10. The fraction of sp³-hybridized carbons (Fsp3) is 0.333. The van der Waals surface area contributed by atoms with Gasteiger partial charge in [0.05, 0.1) is 18.6 Å². The Kier molecular flexibility index (Phi) is 8.16. The van der Waals surface area contributed by atoms with Crippen molar-refractivity contribution in [1.82, 2.24) is 10.2 Å². The Bertz CT molecular complexity index is 898. The van der Waals surface area contributed by atoms with Crippen LogP contribution in [0, 0.1) is 10.1 Å². The smallest absolute Gasteiger partial charge is 0.270 e. The Balaban J connectivity index is 2.15. The molecule has 0 radical (unpaired) electrons. The van der Waals surface area contributed by atoms with Gasteiger partial charge in [-0.05, 0) is 30.2 Å². The molecule has 2 aromatic carbocycles. The fourth-order valence-electron chi connectivity index (χ4n) is 2.63. The summed E-state index contributed by atoms with van der Waals surface area (Å²) in [4.78, 5) is 36.0. The summed E-state index contributed by atoms with van der Waals surface area (Å²) in [6.45, 7) is 2.10. The largest absolute Gasteiger partial charge is 0.497 e. The zero-order chi connectivity index (χ0) is 22.1. The first-order chi connectivity index (χ1) is 14.3. The molecule has 0 saturated heterocycles. The molecule has 0 aliphatic carbocycles. The first-order valence-electron chi connectivity index (χ1n) is 9.42. The summed E-state index contributed by atoms with van der Waals surface area (Å²) in [5.41, 5.74) is 1.06. The van der Waals surface area contributed by atoms with Gasteiger partial charge in [-0.1, -0.05) is 19.1 Å². The maximum Gasteiger partial charge on any atom is 0.270 e. The van der Waals surface area contributed by atoms with Crippen LogP contribution in [0.15, 0.2) is 42.5 Å². The lowest BCUT2D eigenvalue weighted by Crippen LogP contribution is -2.40. The number of nitro groups is 1. The number of nitrogens with one attached hydrogen (secondary N) is 1. The molecule has 1 N–H and O–H groups in total. The minimum absolute atomic E-state index is 0.0756. The second-order valence-electron chi connectivity index (χ2n) is 6.55. The standard InChI is InChI=1S/C21H25N3O6/c1-4-11-22-20(25)13-23(2)21(26)14-30-19-10-7-16(24(27)28)12-18(19)15-5-8-17(29-3)9-6-15/h5-10,12H,4,11,13-14H2,1-3H3,(H,22,25). The summed E-state index contributed by atoms with van der Waals surface area (Å²) in [7, 11) is 3.05. The van der Waals surface area contributed by atoms with E-state index in [-0.39, 0.29) is 30.7 Å². The summed E-state index contributed by atoms with van der Waals surface area (Å²) in [5, 5.41) is 13.9. The maximum absolute atomic E-state index is 12.3. The third-order valence-corrected chi connectivity index (χ3v) is 4.30. The molecule has 0 saturated carbocycles. The highest BCUT2D eigenvalue weighted by Crippen LogP contribution is 2.34. The van der Waals surface area contributed by atoms with E-state index in [0.29, 0.717) is 29.2 Å². The maximum atomic E-state index is 12.3. The van der Waals surface area contributed by atoms with Gasteiger partial charge in [0.2, 0.25) is 5.91 Å². The average Bonchev–Trinajstić information content (AvgIpc) is 2.75. The highest BCUT2D eigenvalue weighted by molar-refractivity contribution is 5.85. The van der Waals surface area contributed by atoms with Gasteiger partial charge in [0, 0.05) is 31.3 Å². The number of carbonyl (C=O) groups is 2. The van der Waals surface area contributed by atoms with Crippen LogP contribution in [0.4, 0.5) is 5.69 Å². The normalized spacial score (nSPS) is 10.2. The Morgan fingerprint density at radius 1 is 1.17 bits per heavy atom. The molecule has 0 aromatic heterocycles. The van der Waals surface area contributed by atoms with Crippen LogP contribution in [0.1, 0.15) is 13.3 Å². The molecular weight excluding hydrogens is 390 g/mol. The lowest BCUT2D eigenvalue weighted by Gasteiger charge is -2.18. The van der Waals surface area contributed by atoms with E-state index < -0.39 is 4.92 Å². The van der Waals surface area contributed by atoms with Crippen molar-refractivity contribution in [2.45, 2.75) is 13.3 Å². The first-order valence-corrected chi connectivity index (χ1v) is 9.42. The van der Waals surface area contributed by atoms with Crippen LogP contribution in [0.2, 0.25) is 0 Å². The second kappa shape index (κ2) is 10.8. The molecule has 0 aliphatic rings. The SMILES string of the molecule is CCCNC(=O)CN(C)C(=O)COc1ccc([N+](=O)[O-])cc1-c1ccc(OC)cc1. The topological polar surface area (TPSA) is 111 Å². The Morgan fingerprint density at radius 2 is 1.87 bits per heavy atom. The predicted molar refractivity (Wildman–Crippen MR) is 112 cm³/mol. The van der Waals surface area contributed by atoms with Crippen LogP contribution in [0.3, 0.4) is 0 Å². The molecule has 30 heavy (non-hydrogen) atoms. The van der Waals surface area contributed by atoms with Gasteiger partial charge < -0.3 is 19.7 Å². The van der Waals surface area contributed by atoms with E-state index in [2.05, 4.69) is 5.32 Å². The molecule has 2 rings (SSSR count). The molecular formula is C21H25N3O6. The Morgan fingerprint density at radius 3 is 2.47 bits per heavy atom. The number of methoxy groups -OCH3 is 1. The van der Waals surface area contributed by atoms with Crippen LogP contribution in [-0.2, 0) is 9.59 Å². The number of benzene rings is 2. The second-order valence-corrected chi connectivity index (χ2v) is 6.55. The number of hydrogen-bond acceptors (Lipinski definition) is 6. The lowest BCUT2D eigenvalue weighted by molar-refractivity contribution is -0.384. The summed E-state index contributed by atoms with van der Waals surface area (Å²) >= 11 is 0. The number of non-ortho nitro benzene ring substituents is 1. The van der Waals surface area contributed by atoms with Gasteiger partial charge in [0.1, 0.15) is 11.5 Å². The minimum Gasteiger partial charge on any atom is -0.497 e. The molecule has 0 aliphatic heterocycles. The number of hydrogen-bond donors (Lipinski definition) is 1. The van der Waals surface area contributed by atoms with E-state index in [1.807, 2.05) is 6.92 Å². The molecule has 0 bridgehead atoms. The van der Waals surface area contributed by atoms with Gasteiger partial charge in [0.25, 0.3) is 11.6 Å². The summed E-state index contributed by atoms with van der Waals surface area (Å²) in [6, 6.07) is 11.1. The van der Waals surface area contributed by atoms with Gasteiger partial charge in [-0.25, -0.2) is 0 Å². The van der Waals surface area contributed by atoms with Crippen molar-refractivity contribution in [3.63, 3.8) is 0 Å². The molecule has 0 heterocycles. The van der Waals surface area contributed by atoms with Crippen molar-refractivity contribution in [3.8, 4) is 22.6 Å². The van der Waals surface area contributed by atoms with Crippen molar-refractivity contribution < 1.29 is 24.0 Å². The number of likely N-dealkylation sites (N-methyl/N-ethyl adjacent to an activating group) is 1. The highest BCUT2D eigenvalue weighted by Gasteiger charge is 2.17. The van der Waals surface area contributed by atoms with Gasteiger partial charge in [0.15, 0.2) is 6.61 Å². The van der Waals surface area contributed by atoms with Gasteiger partial charge in [-0.15, -0.1) is 0 Å². The number of carbonyl (C=O) groups excluding carboxylic acids is 2. The molecule has 0 atom stereocenters. The third-order valence-electron chi connectivity index (χ3n) is 4.30. The van der Waals surface area contributed by atoms with E-state index >= 15 is 0 Å². The third kappa shape index (κ3) is 6.20. The monoisotopic (exact) mass is 415 g/mol. The summed E-state index contributed by atoms with van der Waals surface area (Å²) in [6.07, 6.45) is 0.806. The number of amides is 2. The highest BCUT2D eigenvalue weighted by atomic mass is 16.6. The Hall–Kier alpha value is -3.62. The van der Waals surface area contributed by atoms with Crippen molar-refractivity contribution >= 4 is 17.5 Å². The molecule has 160 valence electrons. The molecule has 2 aromatic rings. The quantitative estimate of drug-likeness (QED) is 0.472. The lowest BCUT2D eigenvalue weighted by atomic mass is 10.0. The van der Waals surface area contributed by atoms with E-state index in [9.17, 15) is 19.7 Å². The zero-order valence-electron chi connectivity index (χ0n) is 17.2. The van der Waals surface area contributed by atoms with E-state index in [4.69, 9.17) is 9.47 Å². The van der Waals surface area contributed by atoms with E-state index in [0.717, 1.165) is 6.42 Å². The average molecular weight is 415 g/mol. The van der Waals surface area contributed by atoms with Crippen LogP contribution in [-0.4, -0.2) is 55.5 Å². The molecule has 0 unspecified atom stereocenters.